The number of hydrogen-bond donors (Lipinski definition) is 0. The Hall–Kier alpha value is -0.850. The average Bonchev–Trinajstić information content (AvgIpc) is 2.54. The van der Waals surface area contributed by atoms with Gasteiger partial charge >= 0.3 is 0 Å². The summed E-state index contributed by atoms with van der Waals surface area (Å²) in [5.41, 5.74) is 1.51. The molecule has 0 amide bonds. The van der Waals surface area contributed by atoms with Crippen LogP contribution >= 0.6 is 0 Å². The topological polar surface area (TPSA) is 3.88 Å². The third-order valence-corrected chi connectivity index (χ3v) is 4.51. The van der Waals surface area contributed by atoms with Crippen LogP contribution in [0.1, 0.15) is 96.5 Å². The van der Waals surface area contributed by atoms with Crippen LogP contribution in [-0.2, 0) is 13.0 Å². The molecule has 0 saturated heterocycles. The predicted octanol–water partition coefficient (Wildman–Crippen LogP) is 6.24. The Morgan fingerprint density at radius 3 is 2.00 bits per heavy atom. The maximum atomic E-state index is 2.40. The van der Waals surface area contributed by atoms with Crippen LogP contribution in [0.25, 0.3) is 0 Å². The summed E-state index contributed by atoms with van der Waals surface area (Å²) in [4.78, 5) is 0. The Morgan fingerprint density at radius 2 is 1.32 bits per heavy atom. The molecule has 1 rings (SSSR count). The number of hydrogen-bond acceptors (Lipinski definition) is 0. The molecule has 0 aliphatic heterocycles. The predicted molar refractivity (Wildman–Crippen MR) is 97.1 cm³/mol. The Kier molecular flexibility index (Phi) is 12.0. The summed E-state index contributed by atoms with van der Waals surface area (Å²) in [5.74, 6) is 0. The van der Waals surface area contributed by atoms with E-state index in [1.165, 1.54) is 95.6 Å². The van der Waals surface area contributed by atoms with Gasteiger partial charge < -0.3 is 0 Å². The van der Waals surface area contributed by atoms with Gasteiger partial charge in [-0.05, 0) is 25.3 Å². The van der Waals surface area contributed by atoms with E-state index in [0.29, 0.717) is 0 Å². The first kappa shape index (κ1) is 19.2. The first-order valence-electron chi connectivity index (χ1n) is 9.84. The summed E-state index contributed by atoms with van der Waals surface area (Å²) in [6.07, 6.45) is 22.5. The molecule has 1 heteroatoms. The molecule has 1 aromatic rings. The molecule has 0 saturated carbocycles. The highest BCUT2D eigenvalue weighted by atomic mass is 14.9. The number of aryl methyl sites for hydroxylation is 2. The van der Waals surface area contributed by atoms with Gasteiger partial charge in [0.05, 0.1) is 0 Å². The van der Waals surface area contributed by atoms with E-state index in [9.17, 15) is 0 Å². The van der Waals surface area contributed by atoms with E-state index in [-0.39, 0.29) is 0 Å². The zero-order chi connectivity index (χ0) is 15.9. The second kappa shape index (κ2) is 13.8. The van der Waals surface area contributed by atoms with Crippen LogP contribution in [0.3, 0.4) is 0 Å². The van der Waals surface area contributed by atoms with E-state index in [1.54, 1.807) is 0 Å². The average molecular weight is 305 g/mol. The van der Waals surface area contributed by atoms with Gasteiger partial charge in [0, 0.05) is 18.1 Å². The van der Waals surface area contributed by atoms with Crippen LogP contribution in [0.5, 0.6) is 0 Å². The SMILES string of the molecule is CCCCCCCCCC[n+]1cccc(CCCCCC)c1. The van der Waals surface area contributed by atoms with Crippen molar-refractivity contribution < 1.29 is 4.57 Å². The van der Waals surface area contributed by atoms with Gasteiger partial charge in [0.1, 0.15) is 6.54 Å². The highest BCUT2D eigenvalue weighted by molar-refractivity contribution is 5.05. The zero-order valence-electron chi connectivity index (χ0n) is 15.2. The molecule has 126 valence electrons. The van der Waals surface area contributed by atoms with Crippen LogP contribution in [-0.4, -0.2) is 0 Å². The second-order valence-electron chi connectivity index (χ2n) is 6.74. The Bertz CT molecular complexity index is 359. The Morgan fingerprint density at radius 1 is 0.727 bits per heavy atom. The van der Waals surface area contributed by atoms with Gasteiger partial charge in [-0.3, -0.25) is 0 Å². The number of rotatable bonds is 14. The number of pyridine rings is 1. The lowest BCUT2D eigenvalue weighted by molar-refractivity contribution is -0.697. The summed E-state index contributed by atoms with van der Waals surface area (Å²) in [5, 5.41) is 0. The van der Waals surface area contributed by atoms with Crippen LogP contribution in [0.2, 0.25) is 0 Å². The molecule has 0 bridgehead atoms. The highest BCUT2D eigenvalue weighted by Crippen LogP contribution is 2.09. The molecule has 0 unspecified atom stereocenters. The first-order valence-corrected chi connectivity index (χ1v) is 9.84. The van der Waals surface area contributed by atoms with E-state index in [4.69, 9.17) is 0 Å². The summed E-state index contributed by atoms with van der Waals surface area (Å²) < 4.78 is 2.40. The monoisotopic (exact) mass is 304 g/mol. The van der Waals surface area contributed by atoms with Crippen molar-refractivity contribution >= 4 is 0 Å². The number of nitrogens with zero attached hydrogens (tertiary/aromatic N) is 1. The van der Waals surface area contributed by atoms with Crippen LogP contribution in [0.15, 0.2) is 24.5 Å². The van der Waals surface area contributed by atoms with Crippen molar-refractivity contribution in [3.63, 3.8) is 0 Å². The standard InChI is InChI=1S/C21H38N/c1-3-5-7-9-10-11-12-14-18-22-19-15-17-21(20-22)16-13-8-6-4-2/h15,17,19-20H,3-14,16,18H2,1-2H3/q+1. The van der Waals surface area contributed by atoms with E-state index in [1.807, 2.05) is 0 Å². The minimum absolute atomic E-state index is 1.19. The number of aromatic nitrogens is 1. The van der Waals surface area contributed by atoms with E-state index in [0.717, 1.165) is 0 Å². The van der Waals surface area contributed by atoms with Crippen molar-refractivity contribution in [1.82, 2.24) is 0 Å². The lowest BCUT2D eigenvalue weighted by atomic mass is 10.1. The Labute approximate surface area is 139 Å². The maximum absolute atomic E-state index is 2.40. The van der Waals surface area contributed by atoms with Gasteiger partial charge in [-0.25, -0.2) is 4.57 Å². The Balaban J connectivity index is 2.09. The largest absolute Gasteiger partial charge is 0.205 e. The first-order chi connectivity index (χ1) is 10.9. The fourth-order valence-electron chi connectivity index (χ4n) is 3.05. The molecule has 22 heavy (non-hydrogen) atoms. The van der Waals surface area contributed by atoms with Crippen molar-refractivity contribution in [2.24, 2.45) is 0 Å². The molecule has 0 aliphatic carbocycles. The maximum Gasteiger partial charge on any atom is 0.171 e. The molecular formula is C21H38N+. The van der Waals surface area contributed by atoms with Crippen LogP contribution < -0.4 is 4.57 Å². The molecule has 0 aromatic carbocycles. The third kappa shape index (κ3) is 9.97. The quantitative estimate of drug-likeness (QED) is 0.283. The summed E-state index contributed by atoms with van der Waals surface area (Å²) in [6.45, 7) is 5.76. The summed E-state index contributed by atoms with van der Waals surface area (Å²) >= 11 is 0. The number of unbranched alkanes of at least 4 members (excludes halogenated alkanes) is 10. The lowest BCUT2D eigenvalue weighted by Crippen LogP contribution is -2.33. The molecule has 0 atom stereocenters. The van der Waals surface area contributed by atoms with Gasteiger partial charge in [-0.2, -0.15) is 0 Å². The summed E-state index contributed by atoms with van der Waals surface area (Å²) in [6, 6.07) is 4.51. The molecule has 0 aliphatic rings. The van der Waals surface area contributed by atoms with Gasteiger partial charge in [-0.1, -0.05) is 71.6 Å². The van der Waals surface area contributed by atoms with E-state index >= 15 is 0 Å². The second-order valence-corrected chi connectivity index (χ2v) is 6.74. The summed E-state index contributed by atoms with van der Waals surface area (Å²) in [7, 11) is 0. The smallest absolute Gasteiger partial charge is 0.171 e. The zero-order valence-corrected chi connectivity index (χ0v) is 15.2. The van der Waals surface area contributed by atoms with Crippen molar-refractivity contribution in [3.05, 3.63) is 30.1 Å². The molecule has 0 N–H and O–H groups in total. The van der Waals surface area contributed by atoms with Gasteiger partial charge in [0.15, 0.2) is 12.4 Å². The lowest BCUT2D eigenvalue weighted by Gasteiger charge is -2.02. The minimum atomic E-state index is 1.19. The van der Waals surface area contributed by atoms with Crippen molar-refractivity contribution in [1.29, 1.82) is 0 Å². The van der Waals surface area contributed by atoms with E-state index in [2.05, 4.69) is 42.9 Å². The fraction of sp³-hybridized carbons (Fsp3) is 0.762. The molecule has 0 radical (unpaired) electrons. The van der Waals surface area contributed by atoms with Gasteiger partial charge in [-0.15, -0.1) is 0 Å². The molecule has 1 nitrogen and oxygen atoms in total. The third-order valence-electron chi connectivity index (χ3n) is 4.51. The van der Waals surface area contributed by atoms with Crippen molar-refractivity contribution in [2.45, 2.75) is 104 Å². The molecule has 1 heterocycles. The molecule has 1 aromatic heterocycles. The van der Waals surface area contributed by atoms with Crippen LogP contribution in [0.4, 0.5) is 0 Å². The van der Waals surface area contributed by atoms with E-state index < -0.39 is 0 Å². The highest BCUT2D eigenvalue weighted by Gasteiger charge is 2.03. The fourth-order valence-corrected chi connectivity index (χ4v) is 3.05. The van der Waals surface area contributed by atoms with Gasteiger partial charge in [0.2, 0.25) is 0 Å². The van der Waals surface area contributed by atoms with Crippen molar-refractivity contribution in [2.75, 3.05) is 0 Å². The van der Waals surface area contributed by atoms with Gasteiger partial charge in [0.25, 0.3) is 0 Å². The molecule has 0 fully saturated rings. The molecule has 0 spiro atoms. The van der Waals surface area contributed by atoms with Crippen LogP contribution in [0, 0.1) is 0 Å². The molecular weight excluding hydrogens is 266 g/mol. The normalized spacial score (nSPS) is 11.0. The minimum Gasteiger partial charge on any atom is -0.205 e. The van der Waals surface area contributed by atoms with Crippen molar-refractivity contribution in [3.8, 4) is 0 Å².